The van der Waals surface area contributed by atoms with E-state index in [2.05, 4.69) is 12.1 Å². The van der Waals surface area contributed by atoms with Crippen LogP contribution >= 0.6 is 0 Å². The molecule has 2 aliphatic heterocycles. The van der Waals surface area contributed by atoms with Crippen LogP contribution in [0.2, 0.25) is 0 Å². The molecule has 3 amide bonds. The van der Waals surface area contributed by atoms with Crippen LogP contribution < -0.4 is 4.74 Å². The van der Waals surface area contributed by atoms with Crippen LogP contribution in [0.1, 0.15) is 22.3 Å². The molecule has 168 valence electrons. The Balaban J connectivity index is 1.26. The van der Waals surface area contributed by atoms with Crippen molar-refractivity contribution in [2.75, 3.05) is 46.4 Å². The number of rotatable bonds is 6. The molecule has 2 heterocycles. The van der Waals surface area contributed by atoms with Crippen molar-refractivity contribution >= 4 is 17.7 Å². The Labute approximate surface area is 188 Å². The lowest BCUT2D eigenvalue weighted by Crippen LogP contribution is -2.52. The van der Waals surface area contributed by atoms with Crippen molar-refractivity contribution in [3.8, 4) is 5.75 Å². The number of carbonyl (C=O) groups is 3. The van der Waals surface area contributed by atoms with E-state index in [4.69, 9.17) is 4.74 Å². The minimum absolute atomic E-state index is 0.0251. The first-order valence-corrected chi connectivity index (χ1v) is 11.1. The van der Waals surface area contributed by atoms with Crippen molar-refractivity contribution in [3.05, 3.63) is 65.7 Å². The molecule has 0 bridgehead atoms. The van der Waals surface area contributed by atoms with Gasteiger partial charge in [-0.05, 0) is 36.2 Å². The zero-order chi connectivity index (χ0) is 22.5. The van der Waals surface area contributed by atoms with Gasteiger partial charge in [0.15, 0.2) is 0 Å². The Morgan fingerprint density at radius 2 is 1.59 bits per heavy atom. The maximum Gasteiger partial charge on any atom is 0.253 e. The van der Waals surface area contributed by atoms with Crippen LogP contribution in [0.25, 0.3) is 0 Å². The van der Waals surface area contributed by atoms with Gasteiger partial charge in [0.05, 0.1) is 13.0 Å². The predicted molar refractivity (Wildman–Crippen MR) is 120 cm³/mol. The molecule has 2 saturated heterocycles. The highest BCUT2D eigenvalue weighted by atomic mass is 16.5. The molecule has 2 aromatic rings. The number of benzene rings is 2. The number of nitrogens with zero attached hydrogens (tertiary/aromatic N) is 3. The summed E-state index contributed by atoms with van der Waals surface area (Å²) in [5.41, 5.74) is 1.80. The first-order chi connectivity index (χ1) is 15.5. The van der Waals surface area contributed by atoms with Gasteiger partial charge in [-0.25, -0.2) is 0 Å². The van der Waals surface area contributed by atoms with E-state index < -0.39 is 0 Å². The molecule has 0 aliphatic carbocycles. The lowest BCUT2D eigenvalue weighted by Gasteiger charge is -2.36. The number of hydrogen-bond donors (Lipinski definition) is 0. The molecule has 1 unspecified atom stereocenters. The molecule has 2 aromatic carbocycles. The average molecular weight is 436 g/mol. The number of hydrogen-bond acceptors (Lipinski definition) is 4. The lowest BCUT2D eigenvalue weighted by molar-refractivity contribution is -0.137. The molecule has 32 heavy (non-hydrogen) atoms. The third-order valence-electron chi connectivity index (χ3n) is 6.29. The summed E-state index contributed by atoms with van der Waals surface area (Å²) in [6.07, 6.45) is 1.07. The first kappa shape index (κ1) is 21.9. The second kappa shape index (κ2) is 9.85. The molecule has 0 saturated carbocycles. The summed E-state index contributed by atoms with van der Waals surface area (Å²) >= 11 is 0. The lowest BCUT2D eigenvalue weighted by atomic mass is 10.1. The Kier molecular flexibility index (Phi) is 6.73. The highest BCUT2D eigenvalue weighted by molar-refractivity contribution is 5.94. The summed E-state index contributed by atoms with van der Waals surface area (Å²) in [5, 5.41) is 0. The first-order valence-electron chi connectivity index (χ1n) is 11.1. The van der Waals surface area contributed by atoms with E-state index in [0.29, 0.717) is 50.6 Å². The second-order valence-electron chi connectivity index (χ2n) is 8.32. The fourth-order valence-corrected chi connectivity index (χ4v) is 4.37. The molecule has 4 rings (SSSR count). The van der Waals surface area contributed by atoms with Crippen molar-refractivity contribution in [2.24, 2.45) is 5.92 Å². The summed E-state index contributed by atoms with van der Waals surface area (Å²) in [6.45, 7) is 3.10. The maximum atomic E-state index is 13.0. The molecule has 2 fully saturated rings. The number of piperazine rings is 1. The summed E-state index contributed by atoms with van der Waals surface area (Å²) in [4.78, 5) is 43.6. The van der Waals surface area contributed by atoms with E-state index >= 15 is 0 Å². The van der Waals surface area contributed by atoms with Crippen LogP contribution in [0.5, 0.6) is 5.75 Å². The zero-order valence-electron chi connectivity index (χ0n) is 18.4. The number of amides is 3. The van der Waals surface area contributed by atoms with Gasteiger partial charge in [-0.1, -0.05) is 30.3 Å². The minimum atomic E-state index is -0.290. The molecule has 0 aromatic heterocycles. The molecule has 0 N–H and O–H groups in total. The Bertz CT molecular complexity index is 953. The van der Waals surface area contributed by atoms with E-state index in [1.165, 1.54) is 5.56 Å². The van der Waals surface area contributed by atoms with E-state index in [1.54, 1.807) is 46.1 Å². The Morgan fingerprint density at radius 1 is 0.938 bits per heavy atom. The van der Waals surface area contributed by atoms with Gasteiger partial charge in [-0.15, -0.1) is 0 Å². The molecule has 2 aliphatic rings. The average Bonchev–Trinajstić information content (AvgIpc) is 3.23. The topological polar surface area (TPSA) is 70.2 Å². The van der Waals surface area contributed by atoms with Gasteiger partial charge in [0.2, 0.25) is 11.8 Å². The van der Waals surface area contributed by atoms with Crippen LogP contribution in [-0.2, 0) is 16.0 Å². The van der Waals surface area contributed by atoms with E-state index in [-0.39, 0.29) is 30.1 Å². The van der Waals surface area contributed by atoms with Crippen LogP contribution in [-0.4, -0.2) is 78.8 Å². The third-order valence-corrected chi connectivity index (χ3v) is 6.29. The van der Waals surface area contributed by atoms with Gasteiger partial charge in [-0.3, -0.25) is 14.4 Å². The molecular formula is C25H29N3O4. The number of carbonyl (C=O) groups excluding carboxylic acids is 3. The summed E-state index contributed by atoms with van der Waals surface area (Å²) in [6, 6.07) is 17.1. The van der Waals surface area contributed by atoms with Gasteiger partial charge in [0.25, 0.3) is 5.91 Å². The smallest absolute Gasteiger partial charge is 0.253 e. The van der Waals surface area contributed by atoms with Crippen molar-refractivity contribution in [3.63, 3.8) is 0 Å². The fraction of sp³-hybridized carbons (Fsp3) is 0.400. The number of ether oxygens (including phenoxy) is 1. The van der Waals surface area contributed by atoms with Crippen molar-refractivity contribution in [1.29, 1.82) is 0 Å². The summed E-state index contributed by atoms with van der Waals surface area (Å²) in [5.74, 6) is 0.454. The molecule has 0 radical (unpaired) electrons. The van der Waals surface area contributed by atoms with Gasteiger partial charge >= 0.3 is 0 Å². The monoisotopic (exact) mass is 435 g/mol. The van der Waals surface area contributed by atoms with Crippen molar-refractivity contribution in [1.82, 2.24) is 14.7 Å². The standard InChI is InChI=1S/C25H29N3O4/c1-32-22-9-7-20(8-10-22)24(30)26-13-15-27(16-14-26)25(31)21-17-23(29)28(18-21)12-11-19-5-3-2-4-6-19/h2-10,21H,11-18H2,1H3. The molecular weight excluding hydrogens is 406 g/mol. The second-order valence-corrected chi connectivity index (χ2v) is 8.32. The fourth-order valence-electron chi connectivity index (χ4n) is 4.37. The molecule has 7 nitrogen and oxygen atoms in total. The van der Waals surface area contributed by atoms with Crippen LogP contribution in [0, 0.1) is 5.92 Å². The van der Waals surface area contributed by atoms with E-state index in [0.717, 1.165) is 6.42 Å². The highest BCUT2D eigenvalue weighted by Gasteiger charge is 2.37. The largest absolute Gasteiger partial charge is 0.497 e. The van der Waals surface area contributed by atoms with Gasteiger partial charge in [0, 0.05) is 51.3 Å². The highest BCUT2D eigenvalue weighted by Crippen LogP contribution is 2.22. The quantitative estimate of drug-likeness (QED) is 0.697. The van der Waals surface area contributed by atoms with Crippen LogP contribution in [0.15, 0.2) is 54.6 Å². The normalized spacial score (nSPS) is 18.7. The van der Waals surface area contributed by atoms with Crippen molar-refractivity contribution in [2.45, 2.75) is 12.8 Å². The Hall–Kier alpha value is -3.35. The van der Waals surface area contributed by atoms with Crippen LogP contribution in [0.4, 0.5) is 0 Å². The third kappa shape index (κ3) is 4.93. The Morgan fingerprint density at radius 3 is 2.25 bits per heavy atom. The molecule has 1 atom stereocenters. The molecule has 0 spiro atoms. The van der Waals surface area contributed by atoms with Crippen LogP contribution in [0.3, 0.4) is 0 Å². The number of methoxy groups -OCH3 is 1. The van der Waals surface area contributed by atoms with Gasteiger partial charge < -0.3 is 19.4 Å². The van der Waals surface area contributed by atoms with E-state index in [1.807, 2.05) is 18.2 Å². The van der Waals surface area contributed by atoms with Gasteiger partial charge in [-0.2, -0.15) is 0 Å². The van der Waals surface area contributed by atoms with Gasteiger partial charge in [0.1, 0.15) is 5.75 Å². The van der Waals surface area contributed by atoms with Crippen molar-refractivity contribution < 1.29 is 19.1 Å². The zero-order valence-corrected chi connectivity index (χ0v) is 18.4. The summed E-state index contributed by atoms with van der Waals surface area (Å²) in [7, 11) is 1.59. The molecule has 7 heteroatoms. The number of likely N-dealkylation sites (tertiary alicyclic amines) is 1. The minimum Gasteiger partial charge on any atom is -0.497 e. The maximum absolute atomic E-state index is 13.0. The van der Waals surface area contributed by atoms with E-state index in [9.17, 15) is 14.4 Å². The SMILES string of the molecule is COc1ccc(C(=O)N2CCN(C(=O)C3CC(=O)N(CCc4ccccc4)C3)CC2)cc1. The summed E-state index contributed by atoms with van der Waals surface area (Å²) < 4.78 is 5.14. The predicted octanol–water partition coefficient (Wildman–Crippen LogP) is 2.07.